The first-order valence-electron chi connectivity index (χ1n) is 6.93. The standard InChI is InChI=1S/C15H25N5/c1-10-11(2)20(8-15(3,4)7-19(5)6)14-12(10)13(16)17-9-18-14/h9H,7-8H2,1-6H3,(H2,16,17,18). The van der Waals surface area contributed by atoms with Crippen LogP contribution in [0.25, 0.3) is 11.0 Å². The first-order chi connectivity index (χ1) is 9.23. The van der Waals surface area contributed by atoms with Gasteiger partial charge in [0.05, 0.1) is 5.39 Å². The van der Waals surface area contributed by atoms with E-state index in [0.29, 0.717) is 5.82 Å². The lowest BCUT2D eigenvalue weighted by Gasteiger charge is -2.29. The van der Waals surface area contributed by atoms with E-state index < -0.39 is 0 Å². The molecule has 0 unspecified atom stereocenters. The minimum atomic E-state index is 0.159. The summed E-state index contributed by atoms with van der Waals surface area (Å²) in [6.45, 7) is 10.7. The van der Waals surface area contributed by atoms with Gasteiger partial charge in [-0.2, -0.15) is 0 Å². The number of hydrogen-bond acceptors (Lipinski definition) is 4. The molecule has 2 N–H and O–H groups in total. The SMILES string of the molecule is Cc1c(C)n(CC(C)(C)CN(C)C)c2ncnc(N)c12. The molecule has 0 saturated carbocycles. The van der Waals surface area contributed by atoms with E-state index in [1.807, 2.05) is 0 Å². The molecule has 0 radical (unpaired) electrons. The molecule has 0 saturated heterocycles. The first kappa shape index (κ1) is 14.8. The Labute approximate surface area is 120 Å². The molecule has 0 atom stereocenters. The third-order valence-corrected chi connectivity index (χ3v) is 3.77. The quantitative estimate of drug-likeness (QED) is 0.929. The second kappa shape index (κ2) is 5.05. The van der Waals surface area contributed by atoms with Gasteiger partial charge < -0.3 is 15.2 Å². The van der Waals surface area contributed by atoms with Crippen LogP contribution in [-0.4, -0.2) is 40.1 Å². The highest BCUT2D eigenvalue weighted by Gasteiger charge is 2.23. The molecule has 0 spiro atoms. The van der Waals surface area contributed by atoms with Gasteiger partial charge in [0.2, 0.25) is 0 Å². The second-order valence-electron chi connectivity index (χ2n) is 6.66. The van der Waals surface area contributed by atoms with Gasteiger partial charge in [-0.3, -0.25) is 0 Å². The fourth-order valence-electron chi connectivity index (χ4n) is 3.02. The van der Waals surface area contributed by atoms with Gasteiger partial charge in [-0.15, -0.1) is 0 Å². The molecule has 2 heterocycles. The van der Waals surface area contributed by atoms with Crippen molar-refractivity contribution >= 4 is 16.9 Å². The van der Waals surface area contributed by atoms with Crippen LogP contribution in [0.1, 0.15) is 25.1 Å². The Morgan fingerprint density at radius 1 is 1.25 bits per heavy atom. The minimum Gasteiger partial charge on any atom is -0.383 e. The number of rotatable bonds is 4. The van der Waals surface area contributed by atoms with E-state index in [1.165, 1.54) is 11.3 Å². The molecule has 0 aliphatic heterocycles. The van der Waals surface area contributed by atoms with Crippen molar-refractivity contribution in [1.82, 2.24) is 19.4 Å². The summed E-state index contributed by atoms with van der Waals surface area (Å²) in [6.07, 6.45) is 1.55. The Balaban J connectivity index is 2.50. The van der Waals surface area contributed by atoms with Crippen molar-refractivity contribution in [3.8, 4) is 0 Å². The molecule has 5 heteroatoms. The molecule has 0 aromatic carbocycles. The molecule has 110 valence electrons. The number of nitrogens with zero attached hydrogens (tertiary/aromatic N) is 4. The molecule has 0 fully saturated rings. The summed E-state index contributed by atoms with van der Waals surface area (Å²) in [5.74, 6) is 0.569. The number of aromatic nitrogens is 3. The summed E-state index contributed by atoms with van der Waals surface area (Å²) < 4.78 is 2.27. The molecular formula is C15H25N5. The van der Waals surface area contributed by atoms with E-state index in [2.05, 4.69) is 61.2 Å². The highest BCUT2D eigenvalue weighted by molar-refractivity contribution is 5.90. The lowest BCUT2D eigenvalue weighted by Crippen LogP contribution is -2.32. The largest absolute Gasteiger partial charge is 0.383 e. The maximum atomic E-state index is 6.01. The maximum Gasteiger partial charge on any atom is 0.145 e. The van der Waals surface area contributed by atoms with Gasteiger partial charge in [-0.25, -0.2) is 9.97 Å². The third-order valence-electron chi connectivity index (χ3n) is 3.77. The number of fused-ring (bicyclic) bond motifs is 1. The number of anilines is 1. The van der Waals surface area contributed by atoms with Crippen molar-refractivity contribution in [3.05, 3.63) is 17.6 Å². The Morgan fingerprint density at radius 2 is 1.90 bits per heavy atom. The van der Waals surface area contributed by atoms with E-state index in [-0.39, 0.29) is 5.41 Å². The van der Waals surface area contributed by atoms with Crippen molar-refractivity contribution in [2.75, 3.05) is 26.4 Å². The van der Waals surface area contributed by atoms with E-state index in [1.54, 1.807) is 6.33 Å². The van der Waals surface area contributed by atoms with Gasteiger partial charge in [-0.05, 0) is 38.9 Å². The highest BCUT2D eigenvalue weighted by Crippen LogP contribution is 2.30. The summed E-state index contributed by atoms with van der Waals surface area (Å²) in [7, 11) is 4.21. The van der Waals surface area contributed by atoms with Crippen LogP contribution in [0.5, 0.6) is 0 Å². The van der Waals surface area contributed by atoms with Crippen LogP contribution < -0.4 is 5.73 Å². The van der Waals surface area contributed by atoms with Gasteiger partial charge in [0.25, 0.3) is 0 Å². The van der Waals surface area contributed by atoms with Crippen LogP contribution in [0.15, 0.2) is 6.33 Å². The Morgan fingerprint density at radius 3 is 2.50 bits per heavy atom. The van der Waals surface area contributed by atoms with E-state index in [4.69, 9.17) is 5.73 Å². The second-order valence-corrected chi connectivity index (χ2v) is 6.66. The zero-order valence-electron chi connectivity index (χ0n) is 13.4. The van der Waals surface area contributed by atoms with Gasteiger partial charge in [0, 0.05) is 18.8 Å². The lowest BCUT2D eigenvalue weighted by atomic mass is 9.92. The van der Waals surface area contributed by atoms with Crippen molar-refractivity contribution in [2.24, 2.45) is 5.41 Å². The van der Waals surface area contributed by atoms with Crippen LogP contribution in [0.3, 0.4) is 0 Å². The number of nitrogens with two attached hydrogens (primary N) is 1. The average molecular weight is 275 g/mol. The minimum absolute atomic E-state index is 0.159. The fourth-order valence-corrected chi connectivity index (χ4v) is 3.02. The summed E-state index contributed by atoms with van der Waals surface area (Å²) in [4.78, 5) is 10.8. The molecule has 0 aliphatic rings. The highest BCUT2D eigenvalue weighted by atomic mass is 15.1. The topological polar surface area (TPSA) is 60.0 Å². The van der Waals surface area contributed by atoms with Gasteiger partial charge >= 0.3 is 0 Å². The maximum absolute atomic E-state index is 6.01. The molecular weight excluding hydrogens is 250 g/mol. The normalized spacial score (nSPS) is 12.6. The monoisotopic (exact) mass is 275 g/mol. The van der Waals surface area contributed by atoms with E-state index >= 15 is 0 Å². The summed E-state index contributed by atoms with van der Waals surface area (Å²) in [6, 6.07) is 0. The third kappa shape index (κ3) is 2.63. The lowest BCUT2D eigenvalue weighted by molar-refractivity contribution is 0.212. The van der Waals surface area contributed by atoms with Crippen LogP contribution in [-0.2, 0) is 6.54 Å². The van der Waals surface area contributed by atoms with Crippen molar-refractivity contribution in [1.29, 1.82) is 0 Å². The van der Waals surface area contributed by atoms with Crippen LogP contribution in [0.4, 0.5) is 5.82 Å². The molecule has 0 aliphatic carbocycles. The fraction of sp³-hybridized carbons (Fsp3) is 0.600. The molecule has 0 bridgehead atoms. The Kier molecular flexibility index (Phi) is 3.73. The van der Waals surface area contributed by atoms with Gasteiger partial charge in [0.15, 0.2) is 0 Å². The Hall–Kier alpha value is -1.62. The zero-order chi connectivity index (χ0) is 15.1. The number of aryl methyl sites for hydroxylation is 1. The van der Waals surface area contributed by atoms with Gasteiger partial charge in [0.1, 0.15) is 17.8 Å². The molecule has 2 rings (SSSR count). The van der Waals surface area contributed by atoms with E-state index in [9.17, 15) is 0 Å². The van der Waals surface area contributed by atoms with Crippen LogP contribution in [0, 0.1) is 19.3 Å². The van der Waals surface area contributed by atoms with Crippen molar-refractivity contribution in [2.45, 2.75) is 34.2 Å². The summed E-state index contributed by atoms with van der Waals surface area (Å²) in [5, 5.41) is 0.991. The average Bonchev–Trinajstić information content (AvgIpc) is 2.53. The summed E-state index contributed by atoms with van der Waals surface area (Å²) >= 11 is 0. The van der Waals surface area contributed by atoms with Gasteiger partial charge in [-0.1, -0.05) is 13.8 Å². The zero-order valence-corrected chi connectivity index (χ0v) is 13.4. The Bertz CT molecular complexity index is 625. The first-order valence-corrected chi connectivity index (χ1v) is 6.93. The van der Waals surface area contributed by atoms with Crippen LogP contribution >= 0.6 is 0 Å². The predicted molar refractivity (Wildman–Crippen MR) is 83.7 cm³/mol. The van der Waals surface area contributed by atoms with Crippen molar-refractivity contribution in [3.63, 3.8) is 0 Å². The smallest absolute Gasteiger partial charge is 0.145 e. The molecule has 5 nitrogen and oxygen atoms in total. The van der Waals surface area contributed by atoms with E-state index in [0.717, 1.165) is 24.1 Å². The summed E-state index contributed by atoms with van der Waals surface area (Å²) in [5.41, 5.74) is 9.51. The molecule has 0 amide bonds. The number of hydrogen-bond donors (Lipinski definition) is 1. The molecule has 2 aromatic heterocycles. The van der Waals surface area contributed by atoms with Crippen molar-refractivity contribution < 1.29 is 0 Å². The number of nitrogen functional groups attached to an aromatic ring is 1. The molecule has 2 aromatic rings. The van der Waals surface area contributed by atoms with Crippen LogP contribution in [0.2, 0.25) is 0 Å². The molecule has 20 heavy (non-hydrogen) atoms. The predicted octanol–water partition coefficient (Wildman–Crippen LogP) is 2.22.